The summed E-state index contributed by atoms with van der Waals surface area (Å²) in [7, 11) is 2.02. The molecule has 0 aliphatic carbocycles. The molecule has 1 saturated heterocycles. The second kappa shape index (κ2) is 5.91. The molecule has 1 N–H and O–H groups in total. The third-order valence-corrected chi connectivity index (χ3v) is 3.19. The molecule has 96 valence electrons. The normalized spacial score (nSPS) is 19.7. The number of carbonyl (C=O) groups excluding carboxylic acids is 3. The third kappa shape index (κ3) is 3.93. The second-order valence-corrected chi connectivity index (χ2v) is 4.73. The topological polar surface area (TPSA) is 66.5 Å². The Hall–Kier alpha value is -1.23. The molecule has 1 aliphatic rings. The summed E-state index contributed by atoms with van der Waals surface area (Å²) in [5.41, 5.74) is 0. The summed E-state index contributed by atoms with van der Waals surface area (Å²) in [6.45, 7) is 4.57. The highest BCUT2D eigenvalue weighted by molar-refractivity contribution is 6.38. The van der Waals surface area contributed by atoms with Crippen LogP contribution in [-0.4, -0.2) is 48.6 Å². The van der Waals surface area contributed by atoms with Crippen molar-refractivity contribution in [2.45, 2.75) is 32.7 Å². The molecule has 1 rings (SSSR count). The molecule has 0 bridgehead atoms. The first kappa shape index (κ1) is 13.8. The van der Waals surface area contributed by atoms with E-state index in [9.17, 15) is 14.4 Å². The number of piperidine rings is 1. The Morgan fingerprint density at radius 1 is 1.24 bits per heavy atom. The number of hydrogen-bond acceptors (Lipinski definition) is 4. The van der Waals surface area contributed by atoms with Gasteiger partial charge in [0.15, 0.2) is 5.78 Å². The van der Waals surface area contributed by atoms with Crippen LogP contribution in [0.5, 0.6) is 0 Å². The Kier molecular flexibility index (Phi) is 4.81. The molecule has 1 unspecified atom stereocenters. The maximum Gasteiger partial charge on any atom is 0.223 e. The van der Waals surface area contributed by atoms with Gasteiger partial charge in [0.2, 0.25) is 11.7 Å². The van der Waals surface area contributed by atoms with Crippen LogP contribution >= 0.6 is 0 Å². The van der Waals surface area contributed by atoms with Crippen LogP contribution in [0.2, 0.25) is 0 Å². The maximum atomic E-state index is 11.8. The summed E-state index contributed by atoms with van der Waals surface area (Å²) in [6.07, 6.45) is 1.62. The largest absolute Gasteiger partial charge is 0.346 e. The fourth-order valence-electron chi connectivity index (χ4n) is 1.97. The van der Waals surface area contributed by atoms with Crippen molar-refractivity contribution >= 4 is 17.5 Å². The predicted octanol–water partition coefficient (Wildman–Crippen LogP) is -0.00900. The quantitative estimate of drug-likeness (QED) is 0.702. The SMILES string of the molecule is CC(=O)C(=O)C(C)NC(=O)C1CCN(C)CC1. The summed E-state index contributed by atoms with van der Waals surface area (Å²) in [4.78, 5) is 36.2. The highest BCUT2D eigenvalue weighted by atomic mass is 16.2. The maximum absolute atomic E-state index is 11.8. The van der Waals surface area contributed by atoms with Crippen LogP contribution in [0.1, 0.15) is 26.7 Å². The molecule has 17 heavy (non-hydrogen) atoms. The zero-order chi connectivity index (χ0) is 13.0. The Morgan fingerprint density at radius 2 is 1.76 bits per heavy atom. The molecule has 1 fully saturated rings. The minimum absolute atomic E-state index is 0.0339. The van der Waals surface area contributed by atoms with Crippen molar-refractivity contribution < 1.29 is 14.4 Å². The van der Waals surface area contributed by atoms with Gasteiger partial charge in [0.1, 0.15) is 0 Å². The summed E-state index contributed by atoms with van der Waals surface area (Å²) in [5, 5.41) is 2.62. The minimum Gasteiger partial charge on any atom is -0.346 e. The summed E-state index contributed by atoms with van der Waals surface area (Å²) >= 11 is 0. The van der Waals surface area contributed by atoms with E-state index < -0.39 is 17.6 Å². The standard InChI is InChI=1S/C12H20N2O3/c1-8(11(16)9(2)15)13-12(17)10-4-6-14(3)7-5-10/h8,10H,4-7H2,1-3H3,(H,13,17). The predicted molar refractivity (Wildman–Crippen MR) is 63.5 cm³/mol. The smallest absolute Gasteiger partial charge is 0.223 e. The van der Waals surface area contributed by atoms with E-state index in [1.54, 1.807) is 6.92 Å². The second-order valence-electron chi connectivity index (χ2n) is 4.73. The van der Waals surface area contributed by atoms with Crippen LogP contribution in [0.25, 0.3) is 0 Å². The number of nitrogens with zero attached hydrogens (tertiary/aromatic N) is 1. The lowest BCUT2D eigenvalue weighted by molar-refractivity contribution is -0.138. The Balaban J connectivity index is 2.44. The molecule has 0 saturated carbocycles. The molecule has 0 spiro atoms. The van der Waals surface area contributed by atoms with Crippen molar-refractivity contribution in [2.75, 3.05) is 20.1 Å². The molecular formula is C12H20N2O3. The molecule has 5 nitrogen and oxygen atoms in total. The average molecular weight is 240 g/mol. The molecular weight excluding hydrogens is 220 g/mol. The van der Waals surface area contributed by atoms with Gasteiger partial charge < -0.3 is 10.2 Å². The average Bonchev–Trinajstić information content (AvgIpc) is 2.28. The molecule has 0 aromatic heterocycles. The van der Waals surface area contributed by atoms with Gasteiger partial charge in [-0.25, -0.2) is 0 Å². The van der Waals surface area contributed by atoms with E-state index in [-0.39, 0.29) is 11.8 Å². The highest BCUT2D eigenvalue weighted by Gasteiger charge is 2.26. The van der Waals surface area contributed by atoms with Gasteiger partial charge in [-0.15, -0.1) is 0 Å². The Morgan fingerprint density at radius 3 is 2.24 bits per heavy atom. The number of nitrogens with one attached hydrogen (secondary N) is 1. The number of likely N-dealkylation sites (tertiary alicyclic amines) is 1. The Bertz CT molecular complexity index is 320. The van der Waals surface area contributed by atoms with Crippen LogP contribution < -0.4 is 5.32 Å². The number of amides is 1. The fourth-order valence-corrected chi connectivity index (χ4v) is 1.97. The van der Waals surface area contributed by atoms with Gasteiger partial charge in [-0.3, -0.25) is 14.4 Å². The van der Waals surface area contributed by atoms with Gasteiger partial charge >= 0.3 is 0 Å². The lowest BCUT2D eigenvalue weighted by atomic mass is 9.95. The van der Waals surface area contributed by atoms with Crippen LogP contribution in [-0.2, 0) is 14.4 Å². The van der Waals surface area contributed by atoms with Crippen molar-refractivity contribution in [2.24, 2.45) is 5.92 Å². The zero-order valence-corrected chi connectivity index (χ0v) is 10.7. The molecule has 1 atom stereocenters. The van der Waals surface area contributed by atoms with Crippen LogP contribution in [0, 0.1) is 5.92 Å². The number of Topliss-reactive ketones (excluding diaryl/α,β-unsaturated/α-hetero) is 2. The number of rotatable bonds is 4. The molecule has 5 heteroatoms. The van der Waals surface area contributed by atoms with Crippen LogP contribution in [0.4, 0.5) is 0 Å². The van der Waals surface area contributed by atoms with Crippen molar-refractivity contribution in [3.8, 4) is 0 Å². The van der Waals surface area contributed by atoms with Crippen molar-refractivity contribution in [3.05, 3.63) is 0 Å². The number of hydrogen-bond donors (Lipinski definition) is 1. The molecule has 0 aromatic rings. The van der Waals surface area contributed by atoms with Gasteiger partial charge in [-0.1, -0.05) is 0 Å². The number of carbonyl (C=O) groups is 3. The van der Waals surface area contributed by atoms with E-state index >= 15 is 0 Å². The van der Waals surface area contributed by atoms with E-state index in [1.807, 2.05) is 7.05 Å². The summed E-state index contributed by atoms with van der Waals surface area (Å²) in [5.74, 6) is -1.19. The molecule has 1 aliphatic heterocycles. The van der Waals surface area contributed by atoms with Gasteiger partial charge in [-0.05, 0) is 39.9 Å². The zero-order valence-electron chi connectivity index (χ0n) is 10.7. The van der Waals surface area contributed by atoms with Crippen LogP contribution in [0.3, 0.4) is 0 Å². The van der Waals surface area contributed by atoms with Gasteiger partial charge in [-0.2, -0.15) is 0 Å². The van der Waals surface area contributed by atoms with Gasteiger partial charge in [0, 0.05) is 12.8 Å². The lowest BCUT2D eigenvalue weighted by Gasteiger charge is -2.28. The van der Waals surface area contributed by atoms with E-state index in [0.717, 1.165) is 25.9 Å². The van der Waals surface area contributed by atoms with Crippen molar-refractivity contribution in [1.29, 1.82) is 0 Å². The minimum atomic E-state index is -0.709. The van der Waals surface area contributed by atoms with E-state index in [4.69, 9.17) is 0 Å². The number of ketones is 2. The molecule has 0 aromatic carbocycles. The third-order valence-electron chi connectivity index (χ3n) is 3.19. The first-order chi connectivity index (χ1) is 7.91. The molecule has 1 heterocycles. The fraction of sp³-hybridized carbons (Fsp3) is 0.750. The van der Waals surface area contributed by atoms with Crippen LogP contribution in [0.15, 0.2) is 0 Å². The highest BCUT2D eigenvalue weighted by Crippen LogP contribution is 2.16. The van der Waals surface area contributed by atoms with Crippen molar-refractivity contribution in [1.82, 2.24) is 10.2 Å². The first-order valence-electron chi connectivity index (χ1n) is 5.95. The lowest BCUT2D eigenvalue weighted by Crippen LogP contribution is -2.46. The van der Waals surface area contributed by atoms with E-state index in [1.165, 1.54) is 6.92 Å². The first-order valence-corrected chi connectivity index (χ1v) is 5.95. The summed E-state index contributed by atoms with van der Waals surface area (Å²) < 4.78 is 0. The van der Waals surface area contributed by atoms with E-state index in [2.05, 4.69) is 10.2 Å². The monoisotopic (exact) mass is 240 g/mol. The summed E-state index contributed by atoms with van der Waals surface area (Å²) in [6, 6.07) is -0.709. The van der Waals surface area contributed by atoms with Gasteiger partial charge in [0.25, 0.3) is 0 Å². The van der Waals surface area contributed by atoms with Gasteiger partial charge in [0.05, 0.1) is 6.04 Å². The van der Waals surface area contributed by atoms with Crippen molar-refractivity contribution in [3.63, 3.8) is 0 Å². The molecule has 1 amide bonds. The molecule has 0 radical (unpaired) electrons. The Labute approximate surface area is 102 Å². The van der Waals surface area contributed by atoms with E-state index in [0.29, 0.717) is 0 Å².